The Morgan fingerprint density at radius 3 is 2.04 bits per heavy atom. The Hall–Kier alpha value is -3.21. The van der Waals surface area contributed by atoms with Crippen LogP contribution in [0, 0.1) is 0 Å². The first kappa shape index (κ1) is 17.2. The third-order valence-electron chi connectivity index (χ3n) is 4.74. The molecule has 0 atom stereocenters. The second-order valence-corrected chi connectivity index (χ2v) is 6.46. The van der Waals surface area contributed by atoms with E-state index in [9.17, 15) is 23.4 Å². The van der Waals surface area contributed by atoms with Crippen LogP contribution in [-0.2, 0) is 12.6 Å². The van der Waals surface area contributed by atoms with Gasteiger partial charge in [0.15, 0.2) is 0 Å². The van der Waals surface area contributed by atoms with Gasteiger partial charge in [-0.2, -0.15) is 13.2 Å². The number of hydrogen-bond acceptors (Lipinski definition) is 2. The number of phenolic OH excluding ortho intramolecular Hbond substituents is 2. The van der Waals surface area contributed by atoms with Crippen LogP contribution >= 0.6 is 0 Å². The fourth-order valence-electron chi connectivity index (χ4n) is 3.59. The fraction of sp³-hybridized carbons (Fsp3) is 0.0909. The van der Waals surface area contributed by atoms with Crippen LogP contribution in [0.25, 0.3) is 11.1 Å². The highest BCUT2D eigenvalue weighted by Crippen LogP contribution is 2.48. The zero-order chi connectivity index (χ0) is 19.2. The van der Waals surface area contributed by atoms with E-state index in [0.29, 0.717) is 11.1 Å². The molecule has 0 aromatic heterocycles. The molecular formula is C22H15F3O2. The fourth-order valence-corrected chi connectivity index (χ4v) is 3.59. The Labute approximate surface area is 153 Å². The molecule has 0 radical (unpaired) electrons. The van der Waals surface area contributed by atoms with Crippen LogP contribution in [0.3, 0.4) is 0 Å². The molecule has 0 aliphatic heterocycles. The number of rotatable bonds is 2. The van der Waals surface area contributed by atoms with Gasteiger partial charge in [-0.1, -0.05) is 42.5 Å². The third-order valence-corrected chi connectivity index (χ3v) is 4.74. The van der Waals surface area contributed by atoms with E-state index in [4.69, 9.17) is 0 Å². The van der Waals surface area contributed by atoms with Crippen LogP contribution in [0.5, 0.6) is 11.5 Å². The summed E-state index contributed by atoms with van der Waals surface area (Å²) in [6, 6.07) is 17.7. The molecule has 3 aromatic carbocycles. The van der Waals surface area contributed by atoms with Crippen molar-refractivity contribution in [3.8, 4) is 11.5 Å². The Balaban J connectivity index is 2.00. The molecule has 0 spiro atoms. The lowest BCUT2D eigenvalue weighted by Gasteiger charge is -2.14. The zero-order valence-electron chi connectivity index (χ0n) is 14.1. The van der Waals surface area contributed by atoms with Gasteiger partial charge in [0.1, 0.15) is 11.5 Å². The molecular weight excluding hydrogens is 353 g/mol. The van der Waals surface area contributed by atoms with Crippen LogP contribution < -0.4 is 0 Å². The van der Waals surface area contributed by atoms with Crippen molar-refractivity contribution in [3.05, 3.63) is 94.5 Å². The predicted molar refractivity (Wildman–Crippen MR) is 97.3 cm³/mol. The molecule has 0 unspecified atom stereocenters. The van der Waals surface area contributed by atoms with Crippen LogP contribution in [0.15, 0.2) is 66.7 Å². The Kier molecular flexibility index (Phi) is 3.95. The van der Waals surface area contributed by atoms with Crippen molar-refractivity contribution in [2.75, 3.05) is 0 Å². The minimum absolute atomic E-state index is 0.0877. The minimum atomic E-state index is -4.56. The lowest BCUT2D eigenvalue weighted by atomic mass is 9.94. The molecule has 2 nitrogen and oxygen atoms in total. The summed E-state index contributed by atoms with van der Waals surface area (Å²) in [6.07, 6.45) is -4.46. The van der Waals surface area contributed by atoms with E-state index in [0.717, 1.165) is 22.8 Å². The van der Waals surface area contributed by atoms with E-state index in [1.807, 2.05) is 30.3 Å². The van der Waals surface area contributed by atoms with Crippen LogP contribution in [0.4, 0.5) is 13.2 Å². The highest BCUT2D eigenvalue weighted by molar-refractivity contribution is 6.04. The van der Waals surface area contributed by atoms with Crippen molar-refractivity contribution in [2.24, 2.45) is 0 Å². The van der Waals surface area contributed by atoms with Gasteiger partial charge in [-0.15, -0.1) is 0 Å². The molecule has 3 aromatic rings. The summed E-state index contributed by atoms with van der Waals surface area (Å²) in [6.45, 7) is 0. The van der Waals surface area contributed by atoms with Crippen LogP contribution in [0.1, 0.15) is 27.8 Å². The van der Waals surface area contributed by atoms with Gasteiger partial charge in [0, 0.05) is 0 Å². The summed E-state index contributed by atoms with van der Waals surface area (Å²) in [5.74, 6) is -0.328. The molecule has 0 saturated heterocycles. The minimum Gasteiger partial charge on any atom is -0.508 e. The standard InChI is InChI=1S/C22H15F3O2/c23-22(24,25)20-11-16(27)10-19-18(20)12-17(13-6-8-15(26)9-7-13)21(19)14-4-2-1-3-5-14/h1-11,26-27H,12H2. The normalized spacial score (nSPS) is 13.7. The molecule has 136 valence electrons. The van der Waals surface area contributed by atoms with Crippen LogP contribution in [-0.4, -0.2) is 10.2 Å². The molecule has 5 heteroatoms. The highest BCUT2D eigenvalue weighted by atomic mass is 19.4. The third kappa shape index (κ3) is 3.05. The number of phenols is 2. The molecule has 0 amide bonds. The highest BCUT2D eigenvalue weighted by Gasteiger charge is 2.38. The van der Waals surface area contributed by atoms with Gasteiger partial charge in [0.25, 0.3) is 0 Å². The maximum Gasteiger partial charge on any atom is 0.416 e. The number of fused-ring (bicyclic) bond motifs is 1. The number of alkyl halides is 3. The summed E-state index contributed by atoms with van der Waals surface area (Å²) < 4.78 is 40.7. The number of allylic oxidation sites excluding steroid dienone is 1. The van der Waals surface area contributed by atoms with Crippen molar-refractivity contribution in [1.29, 1.82) is 0 Å². The second-order valence-electron chi connectivity index (χ2n) is 6.46. The van der Waals surface area contributed by atoms with Gasteiger partial charge >= 0.3 is 6.18 Å². The molecule has 0 bridgehead atoms. The quantitative estimate of drug-likeness (QED) is 0.615. The summed E-state index contributed by atoms with van der Waals surface area (Å²) in [7, 11) is 0. The largest absolute Gasteiger partial charge is 0.508 e. The Bertz CT molecular complexity index is 1030. The number of halogens is 3. The van der Waals surface area contributed by atoms with Gasteiger partial charge in [-0.3, -0.25) is 0 Å². The van der Waals surface area contributed by atoms with E-state index < -0.39 is 17.5 Å². The first-order valence-electron chi connectivity index (χ1n) is 8.36. The average Bonchev–Trinajstić information content (AvgIpc) is 3.00. The van der Waals surface area contributed by atoms with Gasteiger partial charge in [0.2, 0.25) is 0 Å². The maximum atomic E-state index is 13.6. The lowest BCUT2D eigenvalue weighted by molar-refractivity contribution is -0.138. The van der Waals surface area contributed by atoms with Gasteiger partial charge in [-0.25, -0.2) is 0 Å². The first-order valence-corrected chi connectivity index (χ1v) is 8.36. The molecule has 1 aliphatic carbocycles. The molecule has 1 aliphatic rings. The van der Waals surface area contributed by atoms with Gasteiger partial charge in [-0.05, 0) is 64.1 Å². The van der Waals surface area contributed by atoms with Gasteiger partial charge < -0.3 is 10.2 Å². The molecule has 0 saturated carbocycles. The Morgan fingerprint density at radius 2 is 1.41 bits per heavy atom. The Morgan fingerprint density at radius 1 is 0.741 bits per heavy atom. The van der Waals surface area contributed by atoms with E-state index in [1.165, 1.54) is 18.2 Å². The zero-order valence-corrected chi connectivity index (χ0v) is 14.1. The number of benzene rings is 3. The number of aromatic hydroxyl groups is 2. The van der Waals surface area contributed by atoms with E-state index >= 15 is 0 Å². The van der Waals surface area contributed by atoms with E-state index in [-0.39, 0.29) is 17.7 Å². The second kappa shape index (κ2) is 6.20. The lowest BCUT2D eigenvalue weighted by Crippen LogP contribution is -2.09. The van der Waals surface area contributed by atoms with Gasteiger partial charge in [0.05, 0.1) is 5.56 Å². The van der Waals surface area contributed by atoms with Crippen molar-refractivity contribution < 1.29 is 23.4 Å². The van der Waals surface area contributed by atoms with Crippen molar-refractivity contribution >= 4 is 11.1 Å². The van der Waals surface area contributed by atoms with E-state index in [1.54, 1.807) is 12.1 Å². The first-order chi connectivity index (χ1) is 12.8. The monoisotopic (exact) mass is 368 g/mol. The topological polar surface area (TPSA) is 40.5 Å². The van der Waals surface area contributed by atoms with Crippen LogP contribution in [0.2, 0.25) is 0 Å². The molecule has 2 N–H and O–H groups in total. The number of hydrogen-bond donors (Lipinski definition) is 2. The average molecular weight is 368 g/mol. The van der Waals surface area contributed by atoms with E-state index in [2.05, 4.69) is 0 Å². The summed E-state index contributed by atoms with van der Waals surface area (Å²) in [5.41, 5.74) is 2.62. The summed E-state index contributed by atoms with van der Waals surface area (Å²) >= 11 is 0. The SMILES string of the molecule is Oc1ccc(C2=C(c3ccccc3)c3cc(O)cc(C(F)(F)F)c3C2)cc1. The summed E-state index contributed by atoms with van der Waals surface area (Å²) in [5, 5.41) is 19.5. The summed E-state index contributed by atoms with van der Waals surface area (Å²) in [4.78, 5) is 0. The van der Waals surface area contributed by atoms with Crippen molar-refractivity contribution in [1.82, 2.24) is 0 Å². The smallest absolute Gasteiger partial charge is 0.416 e. The molecule has 0 fully saturated rings. The molecule has 0 heterocycles. The maximum absolute atomic E-state index is 13.6. The van der Waals surface area contributed by atoms with Crippen molar-refractivity contribution in [3.63, 3.8) is 0 Å². The molecule has 27 heavy (non-hydrogen) atoms. The molecule has 4 rings (SSSR count). The predicted octanol–water partition coefficient (Wildman–Crippen LogP) is 5.63. The van der Waals surface area contributed by atoms with Crippen molar-refractivity contribution in [2.45, 2.75) is 12.6 Å².